The van der Waals surface area contributed by atoms with E-state index in [0.717, 1.165) is 30.8 Å². The number of aryl methyl sites for hydroxylation is 1. The monoisotopic (exact) mass is 410 g/mol. The van der Waals surface area contributed by atoms with Gasteiger partial charge in [0.25, 0.3) is 5.56 Å². The number of rotatable bonds is 3. The van der Waals surface area contributed by atoms with E-state index in [2.05, 4.69) is 15.2 Å². The van der Waals surface area contributed by atoms with Crippen LogP contribution < -0.4 is 15.8 Å². The van der Waals surface area contributed by atoms with E-state index in [9.17, 15) is 14.4 Å². The lowest BCUT2D eigenvalue weighted by atomic mass is 10.1. The summed E-state index contributed by atoms with van der Waals surface area (Å²) < 4.78 is 6.88. The van der Waals surface area contributed by atoms with Crippen molar-refractivity contribution in [2.75, 3.05) is 16.8 Å². The number of nitrogens with one attached hydrogen (secondary N) is 1. The highest BCUT2D eigenvalue weighted by Gasteiger charge is 2.36. The zero-order valence-corrected chi connectivity index (χ0v) is 16.5. The van der Waals surface area contributed by atoms with Gasteiger partial charge in [0, 0.05) is 23.7 Å². The van der Waals surface area contributed by atoms with Crippen LogP contribution in [0.2, 0.25) is 0 Å². The van der Waals surface area contributed by atoms with Crippen molar-refractivity contribution in [2.24, 2.45) is 0 Å². The predicted molar refractivity (Wildman–Crippen MR) is 109 cm³/mol. The minimum absolute atomic E-state index is 0.0373. The number of anilines is 2. The predicted octanol–water partition coefficient (Wildman–Crippen LogP) is 2.34. The largest absolute Gasteiger partial charge is 0.456 e. The molecule has 0 spiro atoms. The van der Waals surface area contributed by atoms with Gasteiger partial charge in [-0.3, -0.25) is 14.0 Å². The fourth-order valence-electron chi connectivity index (χ4n) is 3.95. The molecule has 3 aromatic rings. The van der Waals surface area contributed by atoms with Crippen molar-refractivity contribution in [3.63, 3.8) is 0 Å². The Balaban J connectivity index is 1.35. The highest BCUT2D eigenvalue weighted by atomic mass is 32.1. The number of hydrogen-bond acceptors (Lipinski definition) is 7. The molecule has 5 rings (SSSR count). The Bertz CT molecular complexity index is 1210. The topological polar surface area (TPSA) is 93.0 Å². The molecule has 2 aromatic heterocycles. The third kappa shape index (κ3) is 2.98. The minimum atomic E-state index is -0.532. The molecule has 1 atom stereocenters. The fourth-order valence-corrected chi connectivity index (χ4v) is 4.85. The molecule has 0 bridgehead atoms. The van der Waals surface area contributed by atoms with Crippen molar-refractivity contribution in [2.45, 2.75) is 32.4 Å². The SMILES string of the molecule is Cc1csc2nc(COC(=O)c3ccc4c(c3)NC(=O)[C@@H]3CCCN43)cc(=O)n12. The highest BCUT2D eigenvalue weighted by molar-refractivity contribution is 7.15. The van der Waals surface area contributed by atoms with Gasteiger partial charge in [-0.05, 0) is 38.0 Å². The first-order valence-corrected chi connectivity index (χ1v) is 10.2. The van der Waals surface area contributed by atoms with E-state index < -0.39 is 5.97 Å². The van der Waals surface area contributed by atoms with Crippen LogP contribution in [0.15, 0.2) is 34.4 Å². The summed E-state index contributed by atoms with van der Waals surface area (Å²) in [6.45, 7) is 2.57. The molecule has 1 aromatic carbocycles. The van der Waals surface area contributed by atoms with Gasteiger partial charge in [0.15, 0.2) is 4.96 Å². The molecule has 29 heavy (non-hydrogen) atoms. The average molecular weight is 410 g/mol. The zero-order valence-electron chi connectivity index (χ0n) is 15.7. The third-order valence-corrected chi connectivity index (χ3v) is 6.28. The van der Waals surface area contributed by atoms with Crippen molar-refractivity contribution in [1.29, 1.82) is 0 Å². The number of carbonyl (C=O) groups is 2. The highest BCUT2D eigenvalue weighted by Crippen LogP contribution is 2.37. The van der Waals surface area contributed by atoms with Crippen LogP contribution in [0.3, 0.4) is 0 Å². The summed E-state index contributed by atoms with van der Waals surface area (Å²) in [4.78, 5) is 44.0. The van der Waals surface area contributed by atoms with Gasteiger partial charge < -0.3 is 15.0 Å². The number of fused-ring (bicyclic) bond motifs is 4. The Hall–Kier alpha value is -3.20. The normalized spacial score (nSPS) is 17.8. The van der Waals surface area contributed by atoms with Gasteiger partial charge in [-0.25, -0.2) is 9.78 Å². The molecule has 1 saturated heterocycles. The first-order chi connectivity index (χ1) is 14.0. The maximum Gasteiger partial charge on any atom is 0.338 e. The maximum absolute atomic E-state index is 12.5. The van der Waals surface area contributed by atoms with E-state index in [1.165, 1.54) is 21.8 Å². The van der Waals surface area contributed by atoms with Crippen LogP contribution in [0.25, 0.3) is 4.96 Å². The number of amides is 1. The number of benzene rings is 1. The Labute approximate surface area is 169 Å². The summed E-state index contributed by atoms with van der Waals surface area (Å²) >= 11 is 1.36. The number of nitrogens with zero attached hydrogens (tertiary/aromatic N) is 3. The van der Waals surface area contributed by atoms with Gasteiger partial charge in [-0.1, -0.05) is 0 Å². The van der Waals surface area contributed by atoms with Gasteiger partial charge in [0.1, 0.15) is 12.6 Å². The third-order valence-electron chi connectivity index (χ3n) is 5.33. The van der Waals surface area contributed by atoms with Crippen LogP contribution in [0.5, 0.6) is 0 Å². The van der Waals surface area contributed by atoms with E-state index in [0.29, 0.717) is 21.9 Å². The van der Waals surface area contributed by atoms with Gasteiger partial charge in [0.2, 0.25) is 5.91 Å². The second kappa shape index (κ2) is 6.70. The molecule has 4 heterocycles. The van der Waals surface area contributed by atoms with Crippen LogP contribution in [0.4, 0.5) is 11.4 Å². The Kier molecular flexibility index (Phi) is 4.13. The zero-order chi connectivity index (χ0) is 20.1. The Morgan fingerprint density at radius 1 is 1.34 bits per heavy atom. The minimum Gasteiger partial charge on any atom is -0.456 e. The number of aromatic nitrogens is 2. The molecule has 0 saturated carbocycles. The summed E-state index contributed by atoms with van der Waals surface area (Å²) in [7, 11) is 0. The molecule has 8 nitrogen and oxygen atoms in total. The summed E-state index contributed by atoms with van der Waals surface area (Å²) in [5.74, 6) is -0.570. The fraction of sp³-hybridized carbons (Fsp3) is 0.300. The lowest BCUT2D eigenvalue weighted by Gasteiger charge is -2.33. The van der Waals surface area contributed by atoms with E-state index in [1.807, 2.05) is 18.4 Å². The summed E-state index contributed by atoms with van der Waals surface area (Å²) in [6, 6.07) is 6.43. The van der Waals surface area contributed by atoms with Gasteiger partial charge in [0.05, 0.1) is 22.6 Å². The molecule has 0 radical (unpaired) electrons. The lowest BCUT2D eigenvalue weighted by molar-refractivity contribution is -0.117. The van der Waals surface area contributed by atoms with Crippen LogP contribution in [-0.2, 0) is 16.1 Å². The Morgan fingerprint density at radius 2 is 2.21 bits per heavy atom. The number of carbonyl (C=O) groups excluding carboxylic acids is 2. The molecule has 2 aliphatic rings. The van der Waals surface area contributed by atoms with Gasteiger partial charge >= 0.3 is 5.97 Å². The van der Waals surface area contributed by atoms with E-state index in [-0.39, 0.29) is 24.1 Å². The molecule has 0 unspecified atom stereocenters. The molecule has 2 aliphatic heterocycles. The molecule has 0 aliphatic carbocycles. The molecule has 148 valence electrons. The average Bonchev–Trinajstić information content (AvgIpc) is 3.34. The number of ether oxygens (including phenoxy) is 1. The van der Waals surface area contributed by atoms with Crippen molar-refractivity contribution in [3.8, 4) is 0 Å². The van der Waals surface area contributed by atoms with Crippen LogP contribution in [0, 0.1) is 6.92 Å². The first kappa shape index (κ1) is 17.9. The van der Waals surface area contributed by atoms with Crippen molar-refractivity contribution in [1.82, 2.24) is 9.38 Å². The quantitative estimate of drug-likeness (QED) is 0.667. The second-order valence-electron chi connectivity index (χ2n) is 7.23. The summed E-state index contributed by atoms with van der Waals surface area (Å²) in [5.41, 5.74) is 2.91. The van der Waals surface area contributed by atoms with Crippen molar-refractivity contribution < 1.29 is 14.3 Å². The summed E-state index contributed by atoms with van der Waals surface area (Å²) in [6.07, 6.45) is 1.82. The van der Waals surface area contributed by atoms with E-state index in [4.69, 9.17) is 4.74 Å². The van der Waals surface area contributed by atoms with Crippen LogP contribution >= 0.6 is 11.3 Å². The first-order valence-electron chi connectivity index (χ1n) is 9.37. The van der Waals surface area contributed by atoms with Crippen LogP contribution in [0.1, 0.15) is 34.6 Å². The van der Waals surface area contributed by atoms with E-state index in [1.54, 1.807) is 12.1 Å². The number of thiazole rings is 1. The number of esters is 1. The molecule has 9 heteroatoms. The molecular weight excluding hydrogens is 392 g/mol. The molecule has 1 amide bonds. The smallest absolute Gasteiger partial charge is 0.338 e. The van der Waals surface area contributed by atoms with Gasteiger partial charge in [-0.2, -0.15) is 0 Å². The second-order valence-corrected chi connectivity index (χ2v) is 8.07. The Morgan fingerprint density at radius 3 is 3.07 bits per heavy atom. The van der Waals surface area contributed by atoms with Crippen molar-refractivity contribution in [3.05, 3.63) is 57.0 Å². The van der Waals surface area contributed by atoms with Gasteiger partial charge in [-0.15, -0.1) is 11.3 Å². The standard InChI is InChI=1S/C20H18N4O4S/c1-11-10-29-20-21-13(8-17(25)24(11)20)9-28-19(27)12-4-5-15-14(7-12)22-18(26)16-3-2-6-23(15)16/h4-5,7-8,10,16H,2-3,6,9H2,1H3,(H,22,26)/t16-/m0/s1. The van der Waals surface area contributed by atoms with Crippen molar-refractivity contribution >= 4 is 39.5 Å². The summed E-state index contributed by atoms with van der Waals surface area (Å²) in [5, 5.41) is 4.74. The molecular formula is C20H18N4O4S. The number of hydrogen-bond donors (Lipinski definition) is 1. The van der Waals surface area contributed by atoms with Crippen LogP contribution in [-0.4, -0.2) is 33.8 Å². The van der Waals surface area contributed by atoms with E-state index >= 15 is 0 Å². The lowest BCUT2D eigenvalue weighted by Crippen LogP contribution is -2.43. The maximum atomic E-state index is 12.5. The molecule has 1 fully saturated rings. The molecule has 1 N–H and O–H groups in total.